The molecule has 2 N–H and O–H groups in total. The first kappa shape index (κ1) is 13.1. The van der Waals surface area contributed by atoms with Crippen LogP contribution in [-0.4, -0.2) is 23.8 Å². The summed E-state index contributed by atoms with van der Waals surface area (Å²) in [4.78, 5) is 0. The summed E-state index contributed by atoms with van der Waals surface area (Å²) in [6, 6.07) is 7.60. The van der Waals surface area contributed by atoms with Crippen molar-refractivity contribution in [2.75, 3.05) is 6.54 Å². The quantitative estimate of drug-likeness (QED) is 0.875. The average molecular weight is 263 g/mol. The Balaban J connectivity index is 1.44. The molecule has 104 valence electrons. The first-order chi connectivity index (χ1) is 9.24. The zero-order valence-corrected chi connectivity index (χ0v) is 11.2. The highest BCUT2D eigenvalue weighted by Crippen LogP contribution is 2.38. The number of rotatable bonds is 4. The van der Waals surface area contributed by atoms with E-state index < -0.39 is 0 Å². The van der Waals surface area contributed by atoms with Crippen LogP contribution in [0.1, 0.15) is 43.6 Å². The van der Waals surface area contributed by atoms with Gasteiger partial charge in [0.25, 0.3) is 0 Å². The fraction of sp³-hybridized carbons (Fsp3) is 0.625. The van der Waals surface area contributed by atoms with E-state index in [2.05, 4.69) is 5.32 Å². The van der Waals surface area contributed by atoms with Gasteiger partial charge in [0.15, 0.2) is 0 Å². The van der Waals surface area contributed by atoms with Gasteiger partial charge in [-0.1, -0.05) is 24.6 Å². The molecule has 2 fully saturated rings. The van der Waals surface area contributed by atoms with E-state index in [1.807, 2.05) is 12.1 Å². The molecule has 2 saturated carbocycles. The van der Waals surface area contributed by atoms with Crippen LogP contribution in [0, 0.1) is 11.7 Å². The van der Waals surface area contributed by atoms with E-state index in [1.54, 1.807) is 12.1 Å². The van der Waals surface area contributed by atoms with Crippen molar-refractivity contribution in [2.45, 2.75) is 50.2 Å². The van der Waals surface area contributed by atoms with Crippen molar-refractivity contribution in [1.29, 1.82) is 0 Å². The van der Waals surface area contributed by atoms with E-state index in [4.69, 9.17) is 0 Å². The van der Waals surface area contributed by atoms with Crippen molar-refractivity contribution in [1.82, 2.24) is 5.32 Å². The standard InChI is InChI=1S/C16H22FNO/c17-15-6-2-1-5-14(15)12-8-13(9-12)18-10-11-4-3-7-16(11)19/h1-2,5-6,11-13,16,18-19H,3-4,7-10H2. The monoisotopic (exact) mass is 263 g/mol. The van der Waals surface area contributed by atoms with Crippen LogP contribution in [-0.2, 0) is 0 Å². The zero-order valence-electron chi connectivity index (χ0n) is 11.2. The van der Waals surface area contributed by atoms with Gasteiger partial charge in [-0.25, -0.2) is 4.39 Å². The molecule has 2 aliphatic carbocycles. The molecule has 0 aromatic heterocycles. The van der Waals surface area contributed by atoms with Gasteiger partial charge in [0.2, 0.25) is 0 Å². The Kier molecular flexibility index (Phi) is 3.85. The summed E-state index contributed by atoms with van der Waals surface area (Å²) < 4.78 is 13.6. The second-order valence-electron chi connectivity index (χ2n) is 6.05. The Hall–Kier alpha value is -0.930. The number of hydrogen-bond donors (Lipinski definition) is 2. The molecular weight excluding hydrogens is 241 g/mol. The molecule has 1 aromatic rings. The first-order valence-corrected chi connectivity index (χ1v) is 7.40. The summed E-state index contributed by atoms with van der Waals surface area (Å²) in [5.74, 6) is 0.719. The minimum absolute atomic E-state index is 0.0721. The first-order valence-electron chi connectivity index (χ1n) is 7.40. The van der Waals surface area contributed by atoms with E-state index in [-0.39, 0.29) is 11.9 Å². The minimum Gasteiger partial charge on any atom is -0.393 e. The van der Waals surface area contributed by atoms with Crippen LogP contribution in [0.3, 0.4) is 0 Å². The maximum Gasteiger partial charge on any atom is 0.126 e. The molecule has 0 bridgehead atoms. The van der Waals surface area contributed by atoms with Crippen LogP contribution in [0.15, 0.2) is 24.3 Å². The van der Waals surface area contributed by atoms with Gasteiger partial charge in [0.1, 0.15) is 5.82 Å². The molecule has 0 aliphatic heterocycles. The summed E-state index contributed by atoms with van der Waals surface area (Å²) >= 11 is 0. The normalized spacial score (nSPS) is 34.2. The van der Waals surface area contributed by atoms with Gasteiger partial charge in [-0.2, -0.15) is 0 Å². The molecule has 2 atom stereocenters. The van der Waals surface area contributed by atoms with Crippen molar-refractivity contribution < 1.29 is 9.50 Å². The van der Waals surface area contributed by atoms with Gasteiger partial charge in [-0.05, 0) is 49.1 Å². The summed E-state index contributed by atoms with van der Waals surface area (Å²) in [5.41, 5.74) is 0.862. The third-order valence-electron chi connectivity index (χ3n) is 4.77. The van der Waals surface area contributed by atoms with Crippen LogP contribution in [0.2, 0.25) is 0 Å². The van der Waals surface area contributed by atoms with Gasteiger partial charge in [-0.15, -0.1) is 0 Å². The van der Waals surface area contributed by atoms with Gasteiger partial charge in [0.05, 0.1) is 6.10 Å². The Morgan fingerprint density at radius 3 is 2.68 bits per heavy atom. The Labute approximate surface area is 114 Å². The number of aliphatic hydroxyl groups is 1. The van der Waals surface area contributed by atoms with Crippen LogP contribution in [0.4, 0.5) is 4.39 Å². The van der Waals surface area contributed by atoms with E-state index in [9.17, 15) is 9.50 Å². The predicted molar refractivity (Wildman–Crippen MR) is 73.5 cm³/mol. The lowest BCUT2D eigenvalue weighted by molar-refractivity contribution is 0.125. The van der Waals surface area contributed by atoms with Gasteiger partial charge < -0.3 is 10.4 Å². The second-order valence-corrected chi connectivity index (χ2v) is 6.05. The van der Waals surface area contributed by atoms with Gasteiger partial charge in [-0.3, -0.25) is 0 Å². The van der Waals surface area contributed by atoms with Crippen molar-refractivity contribution in [3.8, 4) is 0 Å². The SMILES string of the molecule is OC1CCCC1CNC1CC(c2ccccc2F)C1. The van der Waals surface area contributed by atoms with Crippen molar-refractivity contribution in [3.63, 3.8) is 0 Å². The Morgan fingerprint density at radius 2 is 2.00 bits per heavy atom. The molecule has 0 radical (unpaired) electrons. The average Bonchev–Trinajstić information content (AvgIpc) is 2.75. The maximum absolute atomic E-state index is 13.6. The molecule has 2 unspecified atom stereocenters. The fourth-order valence-electron chi connectivity index (χ4n) is 3.42. The van der Waals surface area contributed by atoms with E-state index in [1.165, 1.54) is 0 Å². The molecule has 2 aliphatic rings. The molecule has 2 nitrogen and oxygen atoms in total. The highest BCUT2D eigenvalue weighted by molar-refractivity contribution is 5.24. The molecule has 3 rings (SSSR count). The highest BCUT2D eigenvalue weighted by atomic mass is 19.1. The third kappa shape index (κ3) is 2.82. The lowest BCUT2D eigenvalue weighted by Gasteiger charge is -2.37. The van der Waals surface area contributed by atoms with Crippen LogP contribution < -0.4 is 5.32 Å². The molecule has 0 spiro atoms. The lowest BCUT2D eigenvalue weighted by Crippen LogP contribution is -2.43. The minimum atomic E-state index is -0.116. The van der Waals surface area contributed by atoms with E-state index >= 15 is 0 Å². The number of aliphatic hydroxyl groups excluding tert-OH is 1. The summed E-state index contributed by atoms with van der Waals surface area (Å²) in [5, 5.41) is 13.3. The predicted octanol–water partition coefficient (Wildman–Crippen LogP) is 2.82. The molecule has 3 heteroatoms. The van der Waals surface area contributed by atoms with Crippen LogP contribution >= 0.6 is 0 Å². The van der Waals surface area contributed by atoms with Crippen molar-refractivity contribution in [3.05, 3.63) is 35.6 Å². The van der Waals surface area contributed by atoms with Crippen molar-refractivity contribution in [2.24, 2.45) is 5.92 Å². The molecule has 1 aromatic carbocycles. The van der Waals surface area contributed by atoms with E-state index in [0.29, 0.717) is 17.9 Å². The number of nitrogens with one attached hydrogen (secondary N) is 1. The highest BCUT2D eigenvalue weighted by Gasteiger charge is 2.33. The molecular formula is C16H22FNO. The summed E-state index contributed by atoms with van der Waals surface area (Å²) in [6.07, 6.45) is 5.16. The fourth-order valence-corrected chi connectivity index (χ4v) is 3.42. The second kappa shape index (κ2) is 5.59. The Bertz CT molecular complexity index is 431. The molecule has 19 heavy (non-hydrogen) atoms. The number of benzene rings is 1. The maximum atomic E-state index is 13.6. The smallest absolute Gasteiger partial charge is 0.126 e. The van der Waals surface area contributed by atoms with Crippen molar-refractivity contribution >= 4 is 0 Å². The van der Waals surface area contributed by atoms with Crippen LogP contribution in [0.25, 0.3) is 0 Å². The zero-order chi connectivity index (χ0) is 13.2. The van der Waals surface area contributed by atoms with Gasteiger partial charge >= 0.3 is 0 Å². The van der Waals surface area contributed by atoms with E-state index in [0.717, 1.165) is 44.2 Å². The lowest BCUT2D eigenvalue weighted by atomic mass is 9.75. The third-order valence-corrected chi connectivity index (χ3v) is 4.77. The summed E-state index contributed by atoms with van der Waals surface area (Å²) in [7, 11) is 0. The molecule has 0 saturated heterocycles. The number of hydrogen-bond acceptors (Lipinski definition) is 2. The van der Waals surface area contributed by atoms with Crippen LogP contribution in [0.5, 0.6) is 0 Å². The largest absolute Gasteiger partial charge is 0.393 e. The summed E-state index contributed by atoms with van der Waals surface area (Å²) in [6.45, 7) is 0.913. The van der Waals surface area contributed by atoms with Gasteiger partial charge in [0, 0.05) is 12.6 Å². The molecule has 0 heterocycles. The Morgan fingerprint density at radius 1 is 1.21 bits per heavy atom. The topological polar surface area (TPSA) is 32.3 Å². The molecule has 0 amide bonds. The number of halogens is 1.